The van der Waals surface area contributed by atoms with Crippen LogP contribution in [0.3, 0.4) is 0 Å². The van der Waals surface area contributed by atoms with Crippen LogP contribution < -0.4 is 4.90 Å². The molecule has 1 N–H and O–H groups in total. The van der Waals surface area contributed by atoms with Gasteiger partial charge in [-0.1, -0.05) is 17.3 Å². The standard InChI is InChI=1S/C17H14F3N3O2/c1-9-15-16(25-22-9)14(23-7-12(24)8-23)6-13(21-15)10-3-2-4-11(5-10)17(18,19)20/h2-6,12,24H,7-8H2,1H3. The number of hydrogen-bond acceptors (Lipinski definition) is 5. The Balaban J connectivity index is 1.86. The molecule has 5 nitrogen and oxygen atoms in total. The number of aryl methyl sites for hydroxylation is 1. The van der Waals surface area contributed by atoms with E-state index < -0.39 is 17.8 Å². The van der Waals surface area contributed by atoms with Crippen molar-refractivity contribution in [3.8, 4) is 11.3 Å². The first-order chi connectivity index (χ1) is 11.8. The van der Waals surface area contributed by atoms with Gasteiger partial charge in [0.05, 0.1) is 23.0 Å². The molecule has 1 saturated heterocycles. The van der Waals surface area contributed by atoms with E-state index in [0.29, 0.717) is 46.8 Å². The van der Waals surface area contributed by atoms with Crippen LogP contribution in [0.2, 0.25) is 0 Å². The monoisotopic (exact) mass is 349 g/mol. The summed E-state index contributed by atoms with van der Waals surface area (Å²) in [6.45, 7) is 2.59. The molecular weight excluding hydrogens is 335 g/mol. The highest BCUT2D eigenvalue weighted by atomic mass is 19.4. The van der Waals surface area contributed by atoms with Crippen molar-refractivity contribution in [2.75, 3.05) is 18.0 Å². The topological polar surface area (TPSA) is 62.4 Å². The lowest BCUT2D eigenvalue weighted by molar-refractivity contribution is -0.137. The Bertz CT molecular complexity index is 946. The fourth-order valence-electron chi connectivity index (χ4n) is 2.90. The molecule has 3 aromatic rings. The Morgan fingerprint density at radius 1 is 1.24 bits per heavy atom. The number of alkyl halides is 3. The third-order valence-electron chi connectivity index (χ3n) is 4.26. The molecule has 8 heteroatoms. The van der Waals surface area contributed by atoms with Crippen LogP contribution in [0.25, 0.3) is 22.4 Å². The van der Waals surface area contributed by atoms with Gasteiger partial charge < -0.3 is 14.5 Å². The Labute approximate surface area is 140 Å². The first-order valence-electron chi connectivity index (χ1n) is 7.70. The van der Waals surface area contributed by atoms with E-state index in [1.54, 1.807) is 19.1 Å². The van der Waals surface area contributed by atoms with Crippen molar-refractivity contribution in [3.63, 3.8) is 0 Å². The number of benzene rings is 1. The van der Waals surface area contributed by atoms with Gasteiger partial charge in [0.2, 0.25) is 5.58 Å². The maximum atomic E-state index is 13.0. The van der Waals surface area contributed by atoms with Crippen LogP contribution in [0.4, 0.5) is 18.9 Å². The lowest BCUT2D eigenvalue weighted by Gasteiger charge is -2.37. The number of anilines is 1. The fraction of sp³-hybridized carbons (Fsp3) is 0.294. The predicted molar refractivity (Wildman–Crippen MR) is 85.2 cm³/mol. The van der Waals surface area contributed by atoms with Gasteiger partial charge in [0, 0.05) is 18.7 Å². The van der Waals surface area contributed by atoms with E-state index in [0.717, 1.165) is 12.1 Å². The molecule has 0 atom stereocenters. The van der Waals surface area contributed by atoms with Crippen LogP contribution in [0.5, 0.6) is 0 Å². The molecule has 1 aromatic carbocycles. The normalized spacial score (nSPS) is 15.6. The molecule has 0 saturated carbocycles. The van der Waals surface area contributed by atoms with Crippen LogP contribution in [0, 0.1) is 6.92 Å². The minimum atomic E-state index is -4.42. The summed E-state index contributed by atoms with van der Waals surface area (Å²) in [7, 11) is 0. The largest absolute Gasteiger partial charge is 0.416 e. The number of aromatic nitrogens is 2. The molecule has 1 aliphatic heterocycles. The van der Waals surface area contributed by atoms with Crippen LogP contribution in [0.1, 0.15) is 11.3 Å². The molecule has 4 rings (SSSR count). The Kier molecular flexibility index (Phi) is 3.47. The predicted octanol–water partition coefficient (Wildman–Crippen LogP) is 3.40. The van der Waals surface area contributed by atoms with Gasteiger partial charge in [0.1, 0.15) is 11.2 Å². The highest BCUT2D eigenvalue weighted by Gasteiger charge is 2.31. The van der Waals surface area contributed by atoms with Gasteiger partial charge in [-0.2, -0.15) is 13.2 Å². The summed E-state index contributed by atoms with van der Waals surface area (Å²) in [4.78, 5) is 6.32. The van der Waals surface area contributed by atoms with Crippen LogP contribution in [-0.2, 0) is 6.18 Å². The lowest BCUT2D eigenvalue weighted by atomic mass is 10.0. The number of aliphatic hydroxyl groups excluding tert-OH is 1. The average Bonchev–Trinajstić information content (AvgIpc) is 2.92. The number of rotatable bonds is 2. The second kappa shape index (κ2) is 5.45. The molecule has 0 unspecified atom stereocenters. The molecule has 0 amide bonds. The third kappa shape index (κ3) is 2.72. The van der Waals surface area contributed by atoms with E-state index in [2.05, 4.69) is 10.1 Å². The first kappa shape index (κ1) is 15.9. The average molecular weight is 349 g/mol. The van der Waals surface area contributed by atoms with Crippen LogP contribution in [0.15, 0.2) is 34.9 Å². The first-order valence-corrected chi connectivity index (χ1v) is 7.70. The molecular formula is C17H14F3N3O2. The molecule has 0 radical (unpaired) electrons. The summed E-state index contributed by atoms with van der Waals surface area (Å²) in [5.41, 5.74) is 2.25. The number of aliphatic hydroxyl groups is 1. The van der Waals surface area contributed by atoms with Gasteiger partial charge in [0.15, 0.2) is 0 Å². The second-order valence-electron chi connectivity index (χ2n) is 6.11. The smallest absolute Gasteiger partial charge is 0.389 e. The molecule has 130 valence electrons. The number of halogens is 3. The van der Waals surface area contributed by atoms with Crippen molar-refractivity contribution in [3.05, 3.63) is 41.6 Å². The zero-order valence-electron chi connectivity index (χ0n) is 13.2. The van der Waals surface area contributed by atoms with Crippen molar-refractivity contribution >= 4 is 16.8 Å². The van der Waals surface area contributed by atoms with Crippen LogP contribution in [-0.4, -0.2) is 34.4 Å². The van der Waals surface area contributed by atoms with E-state index in [1.807, 2.05) is 4.90 Å². The highest BCUT2D eigenvalue weighted by molar-refractivity contribution is 5.91. The van der Waals surface area contributed by atoms with Gasteiger partial charge in [0.25, 0.3) is 0 Å². The SMILES string of the molecule is Cc1noc2c(N3CC(O)C3)cc(-c3cccc(C(F)(F)F)c3)nc12. The van der Waals surface area contributed by atoms with Gasteiger partial charge in [-0.15, -0.1) is 0 Å². The summed E-state index contributed by atoms with van der Waals surface area (Å²) in [6.07, 6.45) is -4.85. The van der Waals surface area contributed by atoms with Crippen molar-refractivity contribution in [1.29, 1.82) is 0 Å². The maximum absolute atomic E-state index is 13.0. The number of nitrogens with zero attached hydrogens (tertiary/aromatic N) is 3. The van der Waals surface area contributed by atoms with Gasteiger partial charge in [-0.3, -0.25) is 0 Å². The minimum Gasteiger partial charge on any atom is -0.389 e. The lowest BCUT2D eigenvalue weighted by Crippen LogP contribution is -2.50. The Morgan fingerprint density at radius 3 is 2.68 bits per heavy atom. The van der Waals surface area contributed by atoms with Gasteiger partial charge in [-0.05, 0) is 25.1 Å². The molecule has 1 aliphatic rings. The number of hydrogen-bond donors (Lipinski definition) is 1. The van der Waals surface area contributed by atoms with Crippen molar-refractivity contribution < 1.29 is 22.8 Å². The van der Waals surface area contributed by atoms with Crippen LogP contribution >= 0.6 is 0 Å². The molecule has 0 bridgehead atoms. The molecule has 1 fully saturated rings. The minimum absolute atomic E-state index is 0.361. The summed E-state index contributed by atoms with van der Waals surface area (Å²) >= 11 is 0. The third-order valence-corrected chi connectivity index (χ3v) is 4.26. The molecule has 0 spiro atoms. The molecule has 2 aromatic heterocycles. The van der Waals surface area contributed by atoms with Gasteiger partial charge in [-0.25, -0.2) is 4.98 Å². The number of fused-ring (bicyclic) bond motifs is 1. The molecule has 3 heterocycles. The Hall–Kier alpha value is -2.61. The van der Waals surface area contributed by atoms with E-state index in [9.17, 15) is 18.3 Å². The fourth-order valence-corrected chi connectivity index (χ4v) is 2.90. The van der Waals surface area contributed by atoms with E-state index in [4.69, 9.17) is 4.52 Å². The highest BCUT2D eigenvalue weighted by Crippen LogP contribution is 2.36. The zero-order valence-corrected chi connectivity index (χ0v) is 13.2. The second-order valence-corrected chi connectivity index (χ2v) is 6.11. The summed E-state index contributed by atoms with van der Waals surface area (Å²) in [5.74, 6) is 0. The number of β-amino-alcohol motifs (C(OH)–C–C–N with tert-alkyl or cyclic N) is 1. The quantitative estimate of drug-likeness (QED) is 0.768. The maximum Gasteiger partial charge on any atom is 0.416 e. The van der Waals surface area contributed by atoms with Crippen molar-refractivity contribution in [2.24, 2.45) is 0 Å². The van der Waals surface area contributed by atoms with Gasteiger partial charge >= 0.3 is 6.18 Å². The Morgan fingerprint density at radius 2 is 2.00 bits per heavy atom. The molecule has 0 aliphatic carbocycles. The summed E-state index contributed by atoms with van der Waals surface area (Å²) in [6, 6.07) is 6.72. The molecule has 25 heavy (non-hydrogen) atoms. The summed E-state index contributed by atoms with van der Waals surface area (Å²) in [5, 5.41) is 13.4. The van der Waals surface area contributed by atoms with Crippen molar-refractivity contribution in [2.45, 2.75) is 19.2 Å². The zero-order chi connectivity index (χ0) is 17.8. The summed E-state index contributed by atoms with van der Waals surface area (Å²) < 4.78 is 44.3. The number of pyridine rings is 1. The van der Waals surface area contributed by atoms with E-state index >= 15 is 0 Å². The van der Waals surface area contributed by atoms with E-state index in [1.165, 1.54) is 6.07 Å². The van der Waals surface area contributed by atoms with Crippen molar-refractivity contribution in [1.82, 2.24) is 10.1 Å². The van der Waals surface area contributed by atoms with E-state index in [-0.39, 0.29) is 0 Å².